The number of hydrogen-bond acceptors (Lipinski definition) is 1. The molecule has 0 aliphatic rings. The smallest absolute Gasteiger partial charge is 0.307 e. The van der Waals surface area contributed by atoms with Crippen LogP contribution < -0.4 is 0 Å². The van der Waals surface area contributed by atoms with Gasteiger partial charge in [0.2, 0.25) is 0 Å². The first kappa shape index (κ1) is 10.7. The first-order chi connectivity index (χ1) is 7.69. The molecule has 0 bridgehead atoms. The monoisotopic (exact) mass is 217 g/mol. The molecule has 84 valence electrons. The SMILES string of the molecule is CCCc1cc2ccc(CC(=O)O)cc2[nH]1. The van der Waals surface area contributed by atoms with E-state index >= 15 is 0 Å². The number of aryl methyl sites for hydroxylation is 1. The second kappa shape index (κ2) is 4.39. The molecule has 1 heterocycles. The number of nitrogens with one attached hydrogen (secondary N) is 1. The van der Waals surface area contributed by atoms with Crippen LogP contribution in [-0.4, -0.2) is 16.1 Å². The Morgan fingerprint density at radius 2 is 2.19 bits per heavy atom. The topological polar surface area (TPSA) is 53.1 Å². The maximum atomic E-state index is 10.6. The highest BCUT2D eigenvalue weighted by molar-refractivity contribution is 5.82. The van der Waals surface area contributed by atoms with Crippen LogP contribution in [0.25, 0.3) is 10.9 Å². The predicted molar refractivity (Wildman–Crippen MR) is 63.6 cm³/mol. The van der Waals surface area contributed by atoms with Crippen LogP contribution in [0.4, 0.5) is 0 Å². The fourth-order valence-corrected chi connectivity index (χ4v) is 1.92. The van der Waals surface area contributed by atoms with Crippen molar-refractivity contribution in [2.45, 2.75) is 26.2 Å². The third kappa shape index (κ3) is 2.24. The summed E-state index contributed by atoms with van der Waals surface area (Å²) in [6.45, 7) is 2.14. The van der Waals surface area contributed by atoms with E-state index in [-0.39, 0.29) is 6.42 Å². The summed E-state index contributed by atoms with van der Waals surface area (Å²) in [4.78, 5) is 13.9. The zero-order chi connectivity index (χ0) is 11.5. The first-order valence-corrected chi connectivity index (χ1v) is 5.51. The van der Waals surface area contributed by atoms with E-state index in [0.29, 0.717) is 0 Å². The van der Waals surface area contributed by atoms with Gasteiger partial charge in [0.15, 0.2) is 0 Å². The molecule has 0 amide bonds. The van der Waals surface area contributed by atoms with E-state index in [0.717, 1.165) is 29.3 Å². The van der Waals surface area contributed by atoms with Crippen molar-refractivity contribution in [3.8, 4) is 0 Å². The van der Waals surface area contributed by atoms with Crippen LogP contribution in [0.2, 0.25) is 0 Å². The Labute approximate surface area is 94.1 Å². The summed E-state index contributed by atoms with van der Waals surface area (Å²) >= 11 is 0. The van der Waals surface area contributed by atoms with Crippen LogP contribution in [-0.2, 0) is 17.6 Å². The largest absolute Gasteiger partial charge is 0.481 e. The highest BCUT2D eigenvalue weighted by Crippen LogP contribution is 2.18. The molecular formula is C13H15NO2. The molecule has 2 aromatic rings. The van der Waals surface area contributed by atoms with Gasteiger partial charge in [0.1, 0.15) is 0 Å². The van der Waals surface area contributed by atoms with Crippen molar-refractivity contribution in [3.05, 3.63) is 35.5 Å². The summed E-state index contributed by atoms with van der Waals surface area (Å²) in [5, 5.41) is 9.87. The van der Waals surface area contributed by atoms with Crippen molar-refractivity contribution in [2.75, 3.05) is 0 Å². The van der Waals surface area contributed by atoms with Crippen LogP contribution >= 0.6 is 0 Å². The lowest BCUT2D eigenvalue weighted by Crippen LogP contribution is -1.99. The third-order valence-corrected chi connectivity index (χ3v) is 2.62. The van der Waals surface area contributed by atoms with Crippen LogP contribution in [0.1, 0.15) is 24.6 Å². The maximum absolute atomic E-state index is 10.6. The Kier molecular flexibility index (Phi) is 2.95. The predicted octanol–water partition coefficient (Wildman–Crippen LogP) is 2.75. The van der Waals surface area contributed by atoms with Gasteiger partial charge in [-0.05, 0) is 29.5 Å². The van der Waals surface area contributed by atoms with E-state index in [4.69, 9.17) is 5.11 Å². The molecule has 3 heteroatoms. The molecule has 0 unspecified atom stereocenters. The standard InChI is InChI=1S/C13H15NO2/c1-2-3-11-8-10-5-4-9(7-13(15)16)6-12(10)14-11/h4-6,8,14H,2-3,7H2,1H3,(H,15,16). The molecule has 0 radical (unpaired) electrons. The number of carboxylic acid groups (broad SMARTS) is 1. The van der Waals surface area contributed by atoms with Gasteiger partial charge < -0.3 is 10.1 Å². The van der Waals surface area contributed by atoms with Crippen molar-refractivity contribution in [1.82, 2.24) is 4.98 Å². The normalized spacial score (nSPS) is 10.8. The van der Waals surface area contributed by atoms with Gasteiger partial charge >= 0.3 is 5.97 Å². The van der Waals surface area contributed by atoms with Gasteiger partial charge in [-0.1, -0.05) is 25.5 Å². The minimum Gasteiger partial charge on any atom is -0.481 e. The summed E-state index contributed by atoms with van der Waals surface area (Å²) < 4.78 is 0. The molecule has 0 saturated heterocycles. The number of aromatic nitrogens is 1. The molecule has 0 saturated carbocycles. The van der Waals surface area contributed by atoms with Crippen molar-refractivity contribution >= 4 is 16.9 Å². The summed E-state index contributed by atoms with van der Waals surface area (Å²) in [6, 6.07) is 7.90. The Balaban J connectivity index is 2.33. The maximum Gasteiger partial charge on any atom is 0.307 e. The van der Waals surface area contributed by atoms with Gasteiger partial charge in [-0.3, -0.25) is 4.79 Å². The van der Waals surface area contributed by atoms with Crippen LogP contribution in [0.5, 0.6) is 0 Å². The average Bonchev–Trinajstić information content (AvgIpc) is 2.59. The second-order valence-electron chi connectivity index (χ2n) is 4.04. The zero-order valence-electron chi connectivity index (χ0n) is 9.29. The lowest BCUT2D eigenvalue weighted by Gasteiger charge is -1.96. The number of carboxylic acids is 1. The van der Waals surface area contributed by atoms with Gasteiger partial charge in [0.05, 0.1) is 6.42 Å². The van der Waals surface area contributed by atoms with E-state index in [1.54, 1.807) is 0 Å². The van der Waals surface area contributed by atoms with Gasteiger partial charge in [-0.2, -0.15) is 0 Å². The lowest BCUT2D eigenvalue weighted by atomic mass is 10.1. The number of carbonyl (C=O) groups is 1. The van der Waals surface area contributed by atoms with Crippen LogP contribution in [0.15, 0.2) is 24.3 Å². The van der Waals surface area contributed by atoms with E-state index < -0.39 is 5.97 Å². The van der Waals surface area contributed by atoms with Crippen LogP contribution in [0, 0.1) is 0 Å². The van der Waals surface area contributed by atoms with E-state index in [1.165, 1.54) is 5.69 Å². The number of H-pyrrole nitrogens is 1. The minimum atomic E-state index is -0.792. The van der Waals surface area contributed by atoms with Crippen molar-refractivity contribution in [1.29, 1.82) is 0 Å². The molecule has 0 fully saturated rings. The summed E-state index contributed by atoms with van der Waals surface area (Å²) in [6.07, 6.45) is 2.22. The highest BCUT2D eigenvalue weighted by Gasteiger charge is 2.04. The minimum absolute atomic E-state index is 0.0814. The number of aliphatic carboxylic acids is 1. The molecule has 16 heavy (non-hydrogen) atoms. The molecule has 2 rings (SSSR count). The number of rotatable bonds is 4. The fourth-order valence-electron chi connectivity index (χ4n) is 1.92. The number of aromatic amines is 1. The van der Waals surface area contributed by atoms with Crippen molar-refractivity contribution in [2.24, 2.45) is 0 Å². The van der Waals surface area contributed by atoms with E-state index in [2.05, 4.69) is 18.0 Å². The summed E-state index contributed by atoms with van der Waals surface area (Å²) in [7, 11) is 0. The summed E-state index contributed by atoms with van der Waals surface area (Å²) in [5.74, 6) is -0.792. The summed E-state index contributed by atoms with van der Waals surface area (Å²) in [5.41, 5.74) is 3.08. The molecule has 0 spiro atoms. The number of fused-ring (bicyclic) bond motifs is 1. The molecule has 2 N–H and O–H groups in total. The Bertz CT molecular complexity index is 514. The van der Waals surface area contributed by atoms with Crippen LogP contribution in [0.3, 0.4) is 0 Å². The van der Waals surface area contributed by atoms with Gasteiger partial charge in [0.25, 0.3) is 0 Å². The van der Waals surface area contributed by atoms with E-state index in [1.807, 2.05) is 18.2 Å². The number of hydrogen-bond donors (Lipinski definition) is 2. The molecule has 0 atom stereocenters. The van der Waals surface area contributed by atoms with Crippen molar-refractivity contribution < 1.29 is 9.90 Å². The lowest BCUT2D eigenvalue weighted by molar-refractivity contribution is -0.136. The molecule has 1 aromatic heterocycles. The van der Waals surface area contributed by atoms with Crippen molar-refractivity contribution in [3.63, 3.8) is 0 Å². The molecule has 3 nitrogen and oxygen atoms in total. The third-order valence-electron chi connectivity index (χ3n) is 2.62. The molecule has 0 aliphatic carbocycles. The molecule has 0 aliphatic heterocycles. The Hall–Kier alpha value is -1.77. The highest BCUT2D eigenvalue weighted by atomic mass is 16.4. The van der Waals surface area contributed by atoms with Gasteiger partial charge in [0, 0.05) is 11.2 Å². The Morgan fingerprint density at radius 1 is 1.38 bits per heavy atom. The zero-order valence-corrected chi connectivity index (χ0v) is 9.29. The van der Waals surface area contributed by atoms with E-state index in [9.17, 15) is 4.79 Å². The fraction of sp³-hybridized carbons (Fsp3) is 0.308. The van der Waals surface area contributed by atoms with Gasteiger partial charge in [-0.25, -0.2) is 0 Å². The Morgan fingerprint density at radius 3 is 2.88 bits per heavy atom. The first-order valence-electron chi connectivity index (χ1n) is 5.51. The quantitative estimate of drug-likeness (QED) is 0.827. The average molecular weight is 217 g/mol. The molecule has 1 aromatic carbocycles. The molecular weight excluding hydrogens is 202 g/mol. The van der Waals surface area contributed by atoms with Gasteiger partial charge in [-0.15, -0.1) is 0 Å². The number of benzene rings is 1. The second-order valence-corrected chi connectivity index (χ2v) is 4.04.